The van der Waals surface area contributed by atoms with Gasteiger partial charge in [-0.25, -0.2) is 0 Å². The van der Waals surface area contributed by atoms with E-state index < -0.39 is 12.3 Å². The molecule has 1 aromatic rings. The van der Waals surface area contributed by atoms with Crippen molar-refractivity contribution in [2.24, 2.45) is 0 Å². The largest absolute Gasteiger partial charge is 0.414 e. The lowest BCUT2D eigenvalue weighted by atomic mass is 10.0. The van der Waals surface area contributed by atoms with Gasteiger partial charge in [0.05, 0.1) is 0 Å². The summed E-state index contributed by atoms with van der Waals surface area (Å²) >= 11 is 0. The zero-order chi connectivity index (χ0) is 10.9. The third-order valence-corrected chi connectivity index (χ3v) is 2.21. The average Bonchev–Trinajstić information content (AvgIpc) is 2.34. The van der Waals surface area contributed by atoms with Crippen molar-refractivity contribution in [2.75, 3.05) is 0 Å². The van der Waals surface area contributed by atoms with E-state index >= 15 is 0 Å². The number of halogens is 3. The third kappa shape index (κ3) is 2.29. The maximum Gasteiger partial charge on any atom is 0.414 e. The molecule has 0 saturated heterocycles. The van der Waals surface area contributed by atoms with Crippen LogP contribution in [0.15, 0.2) is 6.20 Å². The molecule has 1 rings (SSSR count). The van der Waals surface area contributed by atoms with Gasteiger partial charge in [-0.2, -0.15) is 13.2 Å². The van der Waals surface area contributed by atoms with Crippen LogP contribution >= 0.6 is 0 Å². The quantitative estimate of drug-likeness (QED) is 0.765. The predicted octanol–water partition coefficient (Wildman–Crippen LogP) is 2.10. The molecule has 0 bridgehead atoms. The molecule has 0 radical (unpaired) electrons. The molecule has 2 nitrogen and oxygen atoms in total. The first-order chi connectivity index (χ1) is 6.32. The van der Waals surface area contributed by atoms with Crippen LogP contribution in [0.4, 0.5) is 13.2 Å². The summed E-state index contributed by atoms with van der Waals surface area (Å²) < 4.78 is 36.1. The van der Waals surface area contributed by atoms with Crippen LogP contribution in [-0.2, 0) is 6.42 Å². The highest BCUT2D eigenvalue weighted by molar-refractivity contribution is 5.29. The number of hydrogen-bond donors (Lipinski definition) is 2. The molecule has 0 fully saturated rings. The first-order valence-corrected chi connectivity index (χ1v) is 4.20. The molecule has 0 saturated carbocycles. The number of alkyl halides is 3. The highest BCUT2D eigenvalue weighted by Crippen LogP contribution is 2.25. The molecule has 14 heavy (non-hydrogen) atoms. The van der Waals surface area contributed by atoms with Gasteiger partial charge in [-0.1, -0.05) is 0 Å². The van der Waals surface area contributed by atoms with Crippen LogP contribution in [0.2, 0.25) is 0 Å². The fourth-order valence-electron chi connectivity index (χ4n) is 1.31. The predicted molar refractivity (Wildman–Crippen MR) is 46.0 cm³/mol. The first kappa shape index (κ1) is 11.1. The minimum atomic E-state index is -4.55. The van der Waals surface area contributed by atoms with Gasteiger partial charge in [0.15, 0.2) is 6.10 Å². The van der Waals surface area contributed by atoms with Crippen molar-refractivity contribution in [2.45, 2.75) is 32.5 Å². The van der Waals surface area contributed by atoms with Crippen molar-refractivity contribution >= 4 is 0 Å². The normalized spacial score (nSPS) is 14.4. The van der Waals surface area contributed by atoms with Gasteiger partial charge in [-0.15, -0.1) is 0 Å². The number of aliphatic hydroxyl groups excluding tert-OH is 1. The maximum atomic E-state index is 12.0. The Kier molecular flexibility index (Phi) is 2.89. The summed E-state index contributed by atoms with van der Waals surface area (Å²) in [7, 11) is 0. The molecule has 0 amide bonds. The van der Waals surface area contributed by atoms with Crippen LogP contribution in [0.3, 0.4) is 0 Å². The van der Waals surface area contributed by atoms with E-state index in [0.29, 0.717) is 11.3 Å². The highest BCUT2D eigenvalue weighted by atomic mass is 19.4. The number of rotatable bonds is 2. The van der Waals surface area contributed by atoms with Crippen LogP contribution in [0.25, 0.3) is 0 Å². The summed E-state index contributed by atoms with van der Waals surface area (Å²) in [6.45, 7) is 3.40. The number of aromatic amines is 1. The summed E-state index contributed by atoms with van der Waals surface area (Å²) in [4.78, 5) is 2.82. The van der Waals surface area contributed by atoms with Crippen molar-refractivity contribution in [1.29, 1.82) is 0 Å². The summed E-state index contributed by atoms with van der Waals surface area (Å²) in [6, 6.07) is 0. The number of aliphatic hydroxyl groups is 1. The molecule has 1 heterocycles. The molecule has 80 valence electrons. The second-order valence-electron chi connectivity index (χ2n) is 3.34. The lowest BCUT2D eigenvalue weighted by Gasteiger charge is -2.14. The Labute approximate surface area is 79.8 Å². The molecule has 1 atom stereocenters. The molecule has 0 aliphatic heterocycles. The van der Waals surface area contributed by atoms with Crippen LogP contribution in [0.1, 0.15) is 16.8 Å². The molecule has 1 unspecified atom stereocenters. The van der Waals surface area contributed by atoms with Crippen molar-refractivity contribution in [3.8, 4) is 0 Å². The van der Waals surface area contributed by atoms with Crippen molar-refractivity contribution in [3.63, 3.8) is 0 Å². The maximum absolute atomic E-state index is 12.0. The van der Waals surface area contributed by atoms with Crippen LogP contribution < -0.4 is 0 Å². The molecular weight excluding hydrogens is 195 g/mol. The fraction of sp³-hybridized carbons (Fsp3) is 0.556. The molecule has 0 aromatic carbocycles. The first-order valence-electron chi connectivity index (χ1n) is 4.20. The zero-order valence-corrected chi connectivity index (χ0v) is 7.94. The Morgan fingerprint density at radius 2 is 2.00 bits per heavy atom. The number of aromatic nitrogens is 1. The molecule has 0 aliphatic rings. The van der Waals surface area contributed by atoms with Crippen molar-refractivity contribution in [1.82, 2.24) is 4.98 Å². The Hall–Kier alpha value is -0.970. The van der Waals surface area contributed by atoms with Gasteiger partial charge in [-0.05, 0) is 25.0 Å². The zero-order valence-electron chi connectivity index (χ0n) is 7.94. The van der Waals surface area contributed by atoms with Crippen LogP contribution in [0.5, 0.6) is 0 Å². The van der Waals surface area contributed by atoms with Crippen molar-refractivity contribution in [3.05, 3.63) is 23.0 Å². The number of aryl methyl sites for hydroxylation is 2. The summed E-state index contributed by atoms with van der Waals surface area (Å²) in [5.74, 6) is 0. The number of nitrogens with one attached hydrogen (secondary N) is 1. The summed E-state index contributed by atoms with van der Waals surface area (Å²) in [5.41, 5.74) is 1.95. The third-order valence-electron chi connectivity index (χ3n) is 2.21. The van der Waals surface area contributed by atoms with E-state index in [2.05, 4.69) is 4.98 Å². The van der Waals surface area contributed by atoms with E-state index in [1.807, 2.05) is 0 Å². The molecule has 0 spiro atoms. The van der Waals surface area contributed by atoms with Gasteiger partial charge in [0.1, 0.15) is 0 Å². The topological polar surface area (TPSA) is 36.0 Å². The smallest absolute Gasteiger partial charge is 0.383 e. The van der Waals surface area contributed by atoms with Gasteiger partial charge in [0.25, 0.3) is 0 Å². The summed E-state index contributed by atoms with van der Waals surface area (Å²) in [6.07, 6.45) is -5.58. The number of hydrogen-bond acceptors (Lipinski definition) is 1. The van der Waals surface area contributed by atoms with Crippen LogP contribution in [0, 0.1) is 13.8 Å². The van der Waals surface area contributed by atoms with E-state index in [0.717, 1.165) is 5.56 Å². The van der Waals surface area contributed by atoms with Crippen LogP contribution in [-0.4, -0.2) is 22.4 Å². The van der Waals surface area contributed by atoms with Crippen molar-refractivity contribution < 1.29 is 18.3 Å². The molecule has 0 aliphatic carbocycles. The molecular formula is C9H12F3NO. The van der Waals surface area contributed by atoms with E-state index in [1.54, 1.807) is 20.0 Å². The average molecular weight is 207 g/mol. The molecule has 1 aromatic heterocycles. The minimum absolute atomic E-state index is 0.384. The van der Waals surface area contributed by atoms with Gasteiger partial charge in [0, 0.05) is 18.3 Å². The number of H-pyrrole nitrogens is 1. The van der Waals surface area contributed by atoms with Gasteiger partial charge in [0.2, 0.25) is 0 Å². The Balaban J connectivity index is 2.79. The van der Waals surface area contributed by atoms with Gasteiger partial charge < -0.3 is 10.1 Å². The molecule has 2 N–H and O–H groups in total. The van der Waals surface area contributed by atoms with E-state index in [-0.39, 0.29) is 6.42 Å². The Morgan fingerprint density at radius 3 is 2.36 bits per heavy atom. The SMILES string of the molecule is Cc1c[nH]c(C)c1CC(O)C(F)(F)F. The highest BCUT2D eigenvalue weighted by Gasteiger charge is 2.38. The standard InChI is InChI=1S/C9H12F3NO/c1-5-4-13-6(2)7(5)3-8(14)9(10,11)12/h4,8,13-14H,3H2,1-2H3. The fourth-order valence-corrected chi connectivity index (χ4v) is 1.31. The van der Waals surface area contributed by atoms with E-state index in [1.165, 1.54) is 0 Å². The second kappa shape index (κ2) is 3.65. The molecule has 5 heteroatoms. The van der Waals surface area contributed by atoms with Gasteiger partial charge >= 0.3 is 6.18 Å². The van der Waals surface area contributed by atoms with E-state index in [4.69, 9.17) is 5.11 Å². The lowest BCUT2D eigenvalue weighted by molar-refractivity contribution is -0.203. The monoisotopic (exact) mass is 207 g/mol. The van der Waals surface area contributed by atoms with Gasteiger partial charge in [-0.3, -0.25) is 0 Å². The Morgan fingerprint density at radius 1 is 1.43 bits per heavy atom. The summed E-state index contributed by atoms with van der Waals surface area (Å²) in [5, 5.41) is 8.87. The Bertz CT molecular complexity index is 297. The van der Waals surface area contributed by atoms with E-state index in [9.17, 15) is 13.2 Å². The minimum Gasteiger partial charge on any atom is -0.383 e. The second-order valence-corrected chi connectivity index (χ2v) is 3.34. The lowest BCUT2D eigenvalue weighted by Crippen LogP contribution is -2.30.